The van der Waals surface area contributed by atoms with E-state index in [0.717, 1.165) is 50.8 Å². The van der Waals surface area contributed by atoms with Crippen molar-refractivity contribution >= 4 is 40.4 Å². The van der Waals surface area contributed by atoms with Crippen LogP contribution in [0.25, 0.3) is 21.9 Å². The van der Waals surface area contributed by atoms with Crippen LogP contribution in [0.4, 0.5) is 4.79 Å². The molecular weight excluding hydrogens is 552 g/mol. The van der Waals surface area contributed by atoms with E-state index in [4.69, 9.17) is 13.9 Å². The van der Waals surface area contributed by atoms with Crippen molar-refractivity contribution in [1.82, 2.24) is 10.2 Å². The first-order chi connectivity index (χ1) is 20.0. The van der Waals surface area contributed by atoms with Gasteiger partial charge in [0.1, 0.15) is 22.7 Å². The van der Waals surface area contributed by atoms with E-state index < -0.39 is 6.09 Å². The van der Waals surface area contributed by atoms with Crippen LogP contribution in [0.5, 0.6) is 11.5 Å². The second-order valence-corrected chi connectivity index (χ2v) is 10.6. The molecule has 3 aromatic carbocycles. The topological polar surface area (TPSA) is 81.0 Å². The third-order valence-electron chi connectivity index (χ3n) is 7.11. The van der Waals surface area contributed by atoms with Crippen molar-refractivity contribution in [1.29, 1.82) is 0 Å². The maximum absolute atomic E-state index is 12.7. The summed E-state index contributed by atoms with van der Waals surface area (Å²) in [7, 11) is 2.10. The molecule has 1 amide bonds. The number of para-hydroxylation sites is 1. The molecule has 226 valence electrons. The summed E-state index contributed by atoms with van der Waals surface area (Å²) >= 11 is 0. The third kappa shape index (κ3) is 10.1. The smallest absolute Gasteiger partial charge is 0.412 e. The molecule has 4 aromatic rings. The highest BCUT2D eigenvalue weighted by Crippen LogP contribution is 2.23. The predicted octanol–water partition coefficient (Wildman–Crippen LogP) is 8.11. The number of nitrogens with one attached hydrogen (secondary N) is 1. The van der Waals surface area contributed by atoms with Gasteiger partial charge in [-0.3, -0.25) is 4.79 Å². The summed E-state index contributed by atoms with van der Waals surface area (Å²) in [6, 6.07) is 20.4. The summed E-state index contributed by atoms with van der Waals surface area (Å²) in [5.41, 5.74) is 2.21. The highest BCUT2D eigenvalue weighted by atomic mass is 35.5. The zero-order valence-corrected chi connectivity index (χ0v) is 25.5. The second-order valence-electron chi connectivity index (χ2n) is 10.6. The first-order valence-corrected chi connectivity index (χ1v) is 14.8. The molecule has 8 heteroatoms. The molecule has 0 saturated heterocycles. The molecule has 42 heavy (non-hydrogen) atoms. The number of carbonyl (C=O) groups is 1. The van der Waals surface area contributed by atoms with Gasteiger partial charge in [-0.1, -0.05) is 56.9 Å². The van der Waals surface area contributed by atoms with E-state index in [-0.39, 0.29) is 17.8 Å². The zero-order valence-electron chi connectivity index (χ0n) is 24.7. The minimum atomic E-state index is -0.394. The monoisotopic (exact) mass is 594 g/mol. The number of hydrogen-bond donors (Lipinski definition) is 1. The van der Waals surface area contributed by atoms with Crippen molar-refractivity contribution in [3.8, 4) is 11.5 Å². The molecule has 0 atom stereocenters. The fourth-order valence-corrected chi connectivity index (χ4v) is 4.88. The van der Waals surface area contributed by atoms with Crippen LogP contribution >= 0.6 is 12.4 Å². The van der Waals surface area contributed by atoms with Crippen molar-refractivity contribution in [2.75, 3.05) is 26.7 Å². The lowest BCUT2D eigenvalue weighted by Gasteiger charge is -2.17. The van der Waals surface area contributed by atoms with Gasteiger partial charge in [0.15, 0.2) is 0 Å². The molecule has 7 nitrogen and oxygen atoms in total. The number of fused-ring (bicyclic) bond motifs is 2. The quantitative estimate of drug-likeness (QED) is 0.104. The van der Waals surface area contributed by atoms with Gasteiger partial charge in [0.2, 0.25) is 5.43 Å². The van der Waals surface area contributed by atoms with Crippen LogP contribution in [0.15, 0.2) is 75.9 Å². The van der Waals surface area contributed by atoms with E-state index in [9.17, 15) is 9.59 Å². The van der Waals surface area contributed by atoms with E-state index in [1.807, 2.05) is 42.5 Å². The minimum absolute atomic E-state index is 0. The molecule has 4 rings (SSSR count). The lowest BCUT2D eigenvalue weighted by atomic mass is 10.1. The number of ether oxygens (including phenoxy) is 2. The van der Waals surface area contributed by atoms with Crippen molar-refractivity contribution in [2.24, 2.45) is 0 Å². The van der Waals surface area contributed by atoms with Crippen molar-refractivity contribution in [3.63, 3.8) is 0 Å². The van der Waals surface area contributed by atoms with Gasteiger partial charge in [-0.25, -0.2) is 4.79 Å². The summed E-state index contributed by atoms with van der Waals surface area (Å²) in [5.74, 6) is 1.27. The predicted molar refractivity (Wildman–Crippen MR) is 172 cm³/mol. The van der Waals surface area contributed by atoms with Crippen LogP contribution in [-0.2, 0) is 6.54 Å². The molecule has 0 spiro atoms. The second kappa shape index (κ2) is 17.4. The molecule has 0 unspecified atom stereocenters. The minimum Gasteiger partial charge on any atom is -0.493 e. The van der Waals surface area contributed by atoms with Crippen LogP contribution in [0.3, 0.4) is 0 Å². The van der Waals surface area contributed by atoms with Gasteiger partial charge in [-0.05, 0) is 81.2 Å². The van der Waals surface area contributed by atoms with Crippen molar-refractivity contribution in [2.45, 2.75) is 64.8 Å². The van der Waals surface area contributed by atoms with Crippen LogP contribution in [0, 0.1) is 0 Å². The van der Waals surface area contributed by atoms with E-state index in [1.165, 1.54) is 19.3 Å². The maximum atomic E-state index is 12.7. The molecule has 1 N–H and O–H groups in total. The van der Waals surface area contributed by atoms with Gasteiger partial charge >= 0.3 is 6.09 Å². The Labute approximate surface area is 254 Å². The van der Waals surface area contributed by atoms with Gasteiger partial charge in [-0.2, -0.15) is 0 Å². The molecule has 0 saturated carbocycles. The van der Waals surface area contributed by atoms with Gasteiger partial charge < -0.3 is 24.1 Å². The van der Waals surface area contributed by atoms with E-state index in [0.29, 0.717) is 46.6 Å². The van der Waals surface area contributed by atoms with E-state index in [1.54, 1.807) is 18.2 Å². The Morgan fingerprint density at radius 1 is 0.833 bits per heavy atom. The molecule has 0 bridgehead atoms. The van der Waals surface area contributed by atoms with Gasteiger partial charge in [0, 0.05) is 19.2 Å². The molecule has 0 aliphatic carbocycles. The molecule has 0 radical (unpaired) electrons. The molecule has 1 heterocycles. The summed E-state index contributed by atoms with van der Waals surface area (Å²) in [4.78, 5) is 27.1. The Hall–Kier alpha value is -3.55. The number of amides is 1. The molecule has 1 aromatic heterocycles. The molecule has 0 aliphatic rings. The van der Waals surface area contributed by atoms with Gasteiger partial charge in [-0.15, -0.1) is 12.4 Å². The Morgan fingerprint density at radius 3 is 2.48 bits per heavy atom. The number of benzene rings is 3. The van der Waals surface area contributed by atoms with Crippen LogP contribution in [0.1, 0.15) is 63.9 Å². The van der Waals surface area contributed by atoms with Crippen molar-refractivity contribution in [3.05, 3.63) is 82.5 Å². The first-order valence-electron chi connectivity index (χ1n) is 14.8. The highest BCUT2D eigenvalue weighted by Gasteiger charge is 2.09. The first kappa shape index (κ1) is 33.0. The standard InChI is InChI=1S/C34H42N2O5.ClH/c1-3-4-5-6-10-20-35-34(38)40-28-15-13-14-26(23-28)25-36(2)21-11-7-12-22-39-27-18-19-30-32(24-27)41-31-17-9-8-16-29(31)33(30)37;/h8-9,13-19,23-24H,3-7,10-12,20-22,25H2,1-2H3,(H,35,38);1H. The SMILES string of the molecule is CCCCCCCNC(=O)Oc1cccc(CN(C)CCCCCOc2ccc3c(=O)c4ccccc4oc3c2)c1.Cl. The van der Waals surface area contributed by atoms with Gasteiger partial charge in [0.25, 0.3) is 0 Å². The highest BCUT2D eigenvalue weighted by molar-refractivity contribution is 5.90. The van der Waals surface area contributed by atoms with E-state index >= 15 is 0 Å². The lowest BCUT2D eigenvalue weighted by molar-refractivity contribution is 0.200. The summed E-state index contributed by atoms with van der Waals surface area (Å²) in [6.45, 7) is 5.18. The normalized spacial score (nSPS) is 11.0. The zero-order chi connectivity index (χ0) is 28.9. The summed E-state index contributed by atoms with van der Waals surface area (Å²) < 4.78 is 17.3. The van der Waals surface area contributed by atoms with Crippen LogP contribution in [0.2, 0.25) is 0 Å². The number of nitrogens with zero attached hydrogens (tertiary/aromatic N) is 1. The fraction of sp³-hybridized carbons (Fsp3) is 0.412. The third-order valence-corrected chi connectivity index (χ3v) is 7.11. The van der Waals surface area contributed by atoms with Gasteiger partial charge in [0.05, 0.1) is 17.4 Å². The largest absolute Gasteiger partial charge is 0.493 e. The Balaban J connectivity index is 0.00000484. The lowest BCUT2D eigenvalue weighted by Crippen LogP contribution is -2.27. The average molecular weight is 595 g/mol. The molecule has 0 fully saturated rings. The number of halogens is 1. The Bertz CT molecular complexity index is 1470. The summed E-state index contributed by atoms with van der Waals surface area (Å²) in [5, 5.41) is 3.99. The number of carbonyl (C=O) groups excluding carboxylic acids is 1. The molecule has 0 aliphatic heterocycles. The number of unbranched alkanes of at least 4 members (excludes halogenated alkanes) is 6. The number of hydrogen-bond acceptors (Lipinski definition) is 6. The van der Waals surface area contributed by atoms with Crippen LogP contribution < -0.4 is 20.2 Å². The van der Waals surface area contributed by atoms with Crippen molar-refractivity contribution < 1.29 is 18.7 Å². The Morgan fingerprint density at radius 2 is 1.62 bits per heavy atom. The fourth-order valence-electron chi connectivity index (χ4n) is 4.88. The maximum Gasteiger partial charge on any atom is 0.412 e. The molecular formula is C34H43ClN2O5. The van der Waals surface area contributed by atoms with Crippen LogP contribution in [-0.4, -0.2) is 37.7 Å². The summed E-state index contributed by atoms with van der Waals surface area (Å²) in [6.07, 6.45) is 8.41. The van der Waals surface area contributed by atoms with E-state index in [2.05, 4.69) is 30.3 Å². The average Bonchev–Trinajstić information content (AvgIpc) is 2.97. The number of rotatable bonds is 16. The Kier molecular flexibility index (Phi) is 13.7.